The van der Waals surface area contributed by atoms with Crippen molar-refractivity contribution in [1.29, 1.82) is 0 Å². The highest BCUT2D eigenvalue weighted by Crippen LogP contribution is 2.13. The minimum atomic E-state index is -0.222. The van der Waals surface area contributed by atoms with E-state index in [1.807, 2.05) is 37.3 Å². The molecule has 2 aromatic heterocycles. The van der Waals surface area contributed by atoms with Gasteiger partial charge in [0.15, 0.2) is 5.82 Å². The molecule has 2 heterocycles. The molecule has 3 aromatic rings. The van der Waals surface area contributed by atoms with Crippen molar-refractivity contribution in [2.24, 2.45) is 0 Å². The number of aromatic nitrogens is 4. The minimum Gasteiger partial charge on any atom is -0.337 e. The number of amides is 2. The van der Waals surface area contributed by atoms with Gasteiger partial charge in [0, 0.05) is 18.7 Å². The van der Waals surface area contributed by atoms with E-state index in [1.165, 1.54) is 11.3 Å². The zero-order valence-corrected chi connectivity index (χ0v) is 12.2. The molecule has 0 atom stereocenters. The second-order valence-electron chi connectivity index (χ2n) is 4.43. The maximum absolute atomic E-state index is 11.7. The molecule has 0 saturated heterocycles. The van der Waals surface area contributed by atoms with Crippen LogP contribution in [-0.2, 0) is 6.42 Å². The lowest BCUT2D eigenvalue weighted by molar-refractivity contribution is 0.252. The number of nitrogens with one attached hydrogen (secondary N) is 2. The van der Waals surface area contributed by atoms with Crippen LogP contribution in [0.3, 0.4) is 0 Å². The number of aryl methyl sites for hydroxylation is 1. The summed E-state index contributed by atoms with van der Waals surface area (Å²) >= 11 is 1.48. The molecule has 0 spiro atoms. The molecule has 21 heavy (non-hydrogen) atoms. The van der Waals surface area contributed by atoms with Crippen LogP contribution in [0.4, 0.5) is 10.5 Å². The number of carbonyl (C=O) groups is 1. The summed E-state index contributed by atoms with van der Waals surface area (Å²) in [6, 6.07) is 9.10. The molecular weight excluding hydrogens is 288 g/mol. The largest absolute Gasteiger partial charge is 0.337 e. The lowest BCUT2D eigenvalue weighted by Crippen LogP contribution is -2.30. The summed E-state index contributed by atoms with van der Waals surface area (Å²) in [6.45, 7) is 2.37. The van der Waals surface area contributed by atoms with Crippen molar-refractivity contribution in [3.8, 4) is 0 Å². The van der Waals surface area contributed by atoms with Gasteiger partial charge in [-0.15, -0.1) is 10.2 Å². The lowest BCUT2D eigenvalue weighted by Gasteiger charge is -2.06. The van der Waals surface area contributed by atoms with Crippen LogP contribution in [0.2, 0.25) is 0 Å². The fraction of sp³-hybridized carbons (Fsp3) is 0.231. The third kappa shape index (κ3) is 3.16. The molecular formula is C13H14N6OS. The lowest BCUT2D eigenvalue weighted by atomic mass is 10.3. The number of urea groups is 1. The number of anilines is 1. The topological polar surface area (TPSA) is 84.2 Å². The number of hydrogen-bond donors (Lipinski definition) is 2. The van der Waals surface area contributed by atoms with Crippen LogP contribution in [0, 0.1) is 6.92 Å². The highest BCUT2D eigenvalue weighted by molar-refractivity contribution is 7.16. The summed E-state index contributed by atoms with van der Waals surface area (Å²) in [5.41, 5.74) is 0.768. The summed E-state index contributed by atoms with van der Waals surface area (Å²) in [5, 5.41) is 18.8. The van der Waals surface area contributed by atoms with E-state index in [0.29, 0.717) is 13.0 Å². The van der Waals surface area contributed by atoms with Crippen LogP contribution in [-0.4, -0.2) is 32.4 Å². The molecule has 0 bridgehead atoms. The van der Waals surface area contributed by atoms with Crippen molar-refractivity contribution in [2.75, 3.05) is 11.9 Å². The van der Waals surface area contributed by atoms with E-state index in [0.717, 1.165) is 21.5 Å². The maximum atomic E-state index is 11.7. The molecule has 1 aromatic carbocycles. The van der Waals surface area contributed by atoms with Crippen LogP contribution in [0.25, 0.3) is 4.96 Å². The molecule has 0 fully saturated rings. The van der Waals surface area contributed by atoms with Crippen molar-refractivity contribution >= 4 is 28.0 Å². The first-order chi connectivity index (χ1) is 10.2. The quantitative estimate of drug-likeness (QED) is 0.770. The highest BCUT2D eigenvalue weighted by Gasteiger charge is 2.08. The van der Waals surface area contributed by atoms with Gasteiger partial charge in [0.1, 0.15) is 5.01 Å². The molecule has 7 nitrogen and oxygen atoms in total. The minimum absolute atomic E-state index is 0.222. The van der Waals surface area contributed by atoms with Crippen LogP contribution in [0.15, 0.2) is 30.3 Å². The molecule has 2 amide bonds. The molecule has 2 N–H and O–H groups in total. The van der Waals surface area contributed by atoms with Crippen molar-refractivity contribution in [3.05, 3.63) is 41.2 Å². The second kappa shape index (κ2) is 5.88. The number of hydrogen-bond acceptors (Lipinski definition) is 5. The predicted molar refractivity (Wildman–Crippen MR) is 80.6 cm³/mol. The Morgan fingerprint density at radius 3 is 2.86 bits per heavy atom. The van der Waals surface area contributed by atoms with Gasteiger partial charge < -0.3 is 10.6 Å². The van der Waals surface area contributed by atoms with Crippen LogP contribution in [0.5, 0.6) is 0 Å². The van der Waals surface area contributed by atoms with E-state index < -0.39 is 0 Å². The first-order valence-corrected chi connectivity index (χ1v) is 7.31. The fourth-order valence-electron chi connectivity index (χ4n) is 1.84. The Balaban J connectivity index is 1.50. The third-order valence-electron chi connectivity index (χ3n) is 2.84. The van der Waals surface area contributed by atoms with Crippen LogP contribution in [0.1, 0.15) is 10.8 Å². The Labute approximate surface area is 125 Å². The van der Waals surface area contributed by atoms with Gasteiger partial charge in [0.25, 0.3) is 0 Å². The van der Waals surface area contributed by atoms with Crippen molar-refractivity contribution in [2.45, 2.75) is 13.3 Å². The van der Waals surface area contributed by atoms with Gasteiger partial charge in [-0.2, -0.15) is 9.61 Å². The van der Waals surface area contributed by atoms with Gasteiger partial charge in [-0.05, 0) is 19.1 Å². The van der Waals surface area contributed by atoms with Gasteiger partial charge in [0.2, 0.25) is 4.96 Å². The van der Waals surface area contributed by atoms with E-state index in [9.17, 15) is 4.79 Å². The average molecular weight is 302 g/mol. The Morgan fingerprint density at radius 1 is 1.29 bits per heavy atom. The van der Waals surface area contributed by atoms with Gasteiger partial charge >= 0.3 is 6.03 Å². The first kappa shape index (κ1) is 13.5. The summed E-state index contributed by atoms with van der Waals surface area (Å²) in [4.78, 5) is 12.5. The molecule has 0 unspecified atom stereocenters. The predicted octanol–water partition coefficient (Wildman–Crippen LogP) is 1.86. The van der Waals surface area contributed by atoms with Crippen LogP contribution < -0.4 is 10.6 Å². The van der Waals surface area contributed by atoms with E-state index >= 15 is 0 Å². The Bertz CT molecular complexity index is 750. The molecule has 3 rings (SSSR count). The third-order valence-corrected chi connectivity index (χ3v) is 3.80. The summed E-state index contributed by atoms with van der Waals surface area (Å²) in [7, 11) is 0. The Hall–Kier alpha value is -2.48. The fourth-order valence-corrected chi connectivity index (χ4v) is 2.71. The van der Waals surface area contributed by atoms with Gasteiger partial charge in [-0.3, -0.25) is 0 Å². The van der Waals surface area contributed by atoms with Crippen molar-refractivity contribution in [1.82, 2.24) is 25.1 Å². The van der Waals surface area contributed by atoms with E-state index in [4.69, 9.17) is 0 Å². The zero-order chi connectivity index (χ0) is 14.7. The first-order valence-electron chi connectivity index (χ1n) is 6.50. The molecule has 8 heteroatoms. The normalized spacial score (nSPS) is 10.7. The van der Waals surface area contributed by atoms with Gasteiger partial charge in [-0.1, -0.05) is 29.5 Å². The molecule has 0 aliphatic rings. The van der Waals surface area contributed by atoms with Crippen molar-refractivity contribution in [3.63, 3.8) is 0 Å². The Kier molecular flexibility index (Phi) is 3.78. The monoisotopic (exact) mass is 302 g/mol. The molecule has 0 aliphatic carbocycles. The molecule has 0 saturated carbocycles. The second-order valence-corrected chi connectivity index (χ2v) is 5.47. The van der Waals surface area contributed by atoms with Gasteiger partial charge in [-0.25, -0.2) is 4.79 Å². The number of carbonyl (C=O) groups excluding carboxylic acids is 1. The molecule has 108 valence electrons. The molecule has 0 aliphatic heterocycles. The number of benzene rings is 1. The molecule has 0 radical (unpaired) electrons. The van der Waals surface area contributed by atoms with E-state index in [-0.39, 0.29) is 6.03 Å². The standard InChI is InChI=1S/C13H14N6OS/c1-9-16-17-13-19(9)18-11(21-13)7-8-14-12(20)15-10-5-3-2-4-6-10/h2-6H,7-8H2,1H3,(H2,14,15,20). The number of fused-ring (bicyclic) bond motifs is 1. The van der Waals surface area contributed by atoms with E-state index in [1.54, 1.807) is 4.52 Å². The number of nitrogens with zero attached hydrogens (tertiary/aromatic N) is 4. The summed E-state index contributed by atoms with van der Waals surface area (Å²) in [6.07, 6.45) is 0.662. The SMILES string of the molecule is Cc1nnc2sc(CCNC(=O)Nc3ccccc3)nn12. The maximum Gasteiger partial charge on any atom is 0.319 e. The van der Waals surface area contributed by atoms with Crippen LogP contribution >= 0.6 is 11.3 Å². The number of para-hydroxylation sites is 1. The highest BCUT2D eigenvalue weighted by atomic mass is 32.1. The van der Waals surface area contributed by atoms with E-state index in [2.05, 4.69) is 25.9 Å². The average Bonchev–Trinajstić information content (AvgIpc) is 3.02. The summed E-state index contributed by atoms with van der Waals surface area (Å²) in [5.74, 6) is 0.766. The number of rotatable bonds is 4. The smallest absolute Gasteiger partial charge is 0.319 e. The summed E-state index contributed by atoms with van der Waals surface area (Å²) < 4.78 is 1.71. The van der Waals surface area contributed by atoms with Gasteiger partial charge in [0.05, 0.1) is 0 Å². The van der Waals surface area contributed by atoms with Crippen molar-refractivity contribution < 1.29 is 4.79 Å². The Morgan fingerprint density at radius 2 is 2.10 bits per heavy atom. The zero-order valence-electron chi connectivity index (χ0n) is 11.4.